The molecule has 80 valence electrons. The van der Waals surface area contributed by atoms with Crippen molar-refractivity contribution < 1.29 is 9.76 Å². The van der Waals surface area contributed by atoms with Gasteiger partial charge in [0.2, 0.25) is 0 Å². The fourth-order valence-electron chi connectivity index (χ4n) is 2.18. The second-order valence-electron chi connectivity index (χ2n) is 4.21. The van der Waals surface area contributed by atoms with E-state index in [2.05, 4.69) is 18.7 Å². The van der Waals surface area contributed by atoms with E-state index in [1.165, 1.54) is 36.6 Å². The molecule has 3 nitrogen and oxygen atoms in total. The van der Waals surface area contributed by atoms with Crippen molar-refractivity contribution in [1.82, 2.24) is 0 Å². The average Bonchev–Trinajstić information content (AvgIpc) is 2.99. The van der Waals surface area contributed by atoms with Crippen LogP contribution in [0.3, 0.4) is 0 Å². The molecule has 0 radical (unpaired) electrons. The minimum Gasteiger partial charge on any atom is -0.230 e. The fourth-order valence-corrected chi connectivity index (χ4v) is 2.18. The first-order chi connectivity index (χ1) is 7.13. The van der Waals surface area contributed by atoms with Gasteiger partial charge in [-0.3, -0.25) is 0 Å². The van der Waals surface area contributed by atoms with Crippen LogP contribution in [0.2, 0.25) is 0 Å². The smallest absolute Gasteiger partial charge is 0.230 e. The Kier molecular flexibility index (Phi) is 2.47. The normalized spacial score (nSPS) is 15.1. The predicted molar refractivity (Wildman–Crippen MR) is 58.2 cm³/mol. The average molecular weight is 206 g/mol. The molecule has 0 saturated heterocycles. The van der Waals surface area contributed by atoms with E-state index in [1.54, 1.807) is 0 Å². The van der Waals surface area contributed by atoms with Crippen molar-refractivity contribution in [2.45, 2.75) is 32.6 Å². The van der Waals surface area contributed by atoms with Crippen LogP contribution < -0.4 is 0 Å². The Balaban J connectivity index is 2.42. The first-order valence-electron chi connectivity index (χ1n) is 5.26. The molecule has 0 heterocycles. The number of benzene rings is 1. The zero-order valence-corrected chi connectivity index (χ0v) is 9.41. The third kappa shape index (κ3) is 1.87. The summed E-state index contributed by atoms with van der Waals surface area (Å²) < 4.78 is 0. The molecule has 1 aromatic carbocycles. The summed E-state index contributed by atoms with van der Waals surface area (Å²) in [5.74, 6) is 0.724. The topological polar surface area (TPSA) is 29.3 Å². The van der Waals surface area contributed by atoms with Gasteiger partial charge in [-0.15, -0.1) is 0 Å². The lowest BCUT2D eigenvalue weighted by atomic mass is 9.98. The van der Waals surface area contributed by atoms with Crippen molar-refractivity contribution in [1.29, 1.82) is 0 Å². The highest BCUT2D eigenvalue weighted by atomic mass is 16.8. The molecule has 0 bridgehead atoms. The van der Waals surface area contributed by atoms with Crippen LogP contribution in [0.25, 0.3) is 0 Å². The van der Waals surface area contributed by atoms with E-state index < -0.39 is 0 Å². The maximum atomic E-state index is 11.3. The molecular formula is C12H16NO2+. The quantitative estimate of drug-likeness (QED) is 0.711. The molecular weight excluding hydrogens is 190 g/mol. The van der Waals surface area contributed by atoms with Crippen LogP contribution in [-0.2, 0) is 4.84 Å². The molecule has 0 aromatic heterocycles. The van der Waals surface area contributed by atoms with Crippen molar-refractivity contribution in [3.05, 3.63) is 33.7 Å². The Labute approximate surface area is 89.6 Å². The molecule has 0 spiro atoms. The molecule has 1 aromatic rings. The first kappa shape index (κ1) is 10.1. The maximum Gasteiger partial charge on any atom is 0.317 e. The number of aryl methyl sites for hydroxylation is 2. The number of hydrogen-bond donors (Lipinski definition) is 0. The van der Waals surface area contributed by atoms with Gasteiger partial charge in [0.1, 0.15) is 0 Å². The molecule has 0 aliphatic heterocycles. The van der Waals surface area contributed by atoms with Gasteiger partial charge in [0.25, 0.3) is 4.92 Å². The summed E-state index contributed by atoms with van der Waals surface area (Å²) in [6.45, 7) is 4.13. The minimum absolute atomic E-state index is 0.552. The summed E-state index contributed by atoms with van der Waals surface area (Å²) in [5.41, 5.74) is 4.40. The number of rotatable bonds is 3. The molecule has 0 unspecified atom stereocenters. The van der Waals surface area contributed by atoms with Gasteiger partial charge in [-0.25, -0.2) is 4.84 Å². The van der Waals surface area contributed by atoms with Crippen LogP contribution >= 0.6 is 0 Å². The van der Waals surface area contributed by atoms with Crippen molar-refractivity contribution in [3.63, 3.8) is 0 Å². The highest BCUT2D eigenvalue weighted by molar-refractivity contribution is 5.47. The third-order valence-corrected chi connectivity index (χ3v) is 2.94. The van der Waals surface area contributed by atoms with E-state index in [-0.39, 0.29) is 0 Å². The van der Waals surface area contributed by atoms with Crippen LogP contribution in [0, 0.1) is 18.8 Å². The number of nitrogens with zero attached hydrogens (tertiary/aromatic N) is 1. The molecule has 1 aliphatic carbocycles. The van der Waals surface area contributed by atoms with Crippen molar-refractivity contribution in [3.8, 4) is 0 Å². The molecule has 0 atom stereocenters. The predicted octanol–water partition coefficient (Wildman–Crippen LogP) is 3.15. The molecule has 3 heteroatoms. The molecule has 0 amide bonds. The molecule has 2 rings (SSSR count). The Morgan fingerprint density at radius 1 is 1.27 bits per heavy atom. The lowest BCUT2D eigenvalue weighted by Crippen LogP contribution is -2.01. The van der Waals surface area contributed by atoms with Gasteiger partial charge in [0.05, 0.1) is 4.91 Å². The Bertz CT molecular complexity index is 385. The van der Waals surface area contributed by atoms with Crippen molar-refractivity contribution in [2.24, 2.45) is 0 Å². The van der Waals surface area contributed by atoms with E-state index in [9.17, 15) is 4.91 Å². The van der Waals surface area contributed by atoms with Gasteiger partial charge in [0.15, 0.2) is 7.11 Å². The van der Waals surface area contributed by atoms with Crippen LogP contribution in [0.1, 0.15) is 35.4 Å². The van der Waals surface area contributed by atoms with Gasteiger partial charge in [-0.1, -0.05) is 0 Å². The summed E-state index contributed by atoms with van der Waals surface area (Å²) in [7, 11) is 1.38. The summed E-state index contributed by atoms with van der Waals surface area (Å²) in [5, 5.41) is 0. The molecule has 1 fully saturated rings. The Morgan fingerprint density at radius 2 is 1.80 bits per heavy atom. The highest BCUT2D eigenvalue weighted by Gasteiger charge is 2.28. The SMILES string of the molecule is CO[N+](=O)c1cc(C)c(C2CC2)c(C)c1. The Hall–Kier alpha value is -1.38. The van der Waals surface area contributed by atoms with Crippen LogP contribution in [-0.4, -0.2) is 12.0 Å². The molecule has 0 N–H and O–H groups in total. The van der Waals surface area contributed by atoms with Gasteiger partial charge in [0, 0.05) is 12.1 Å². The largest absolute Gasteiger partial charge is 0.317 e. The van der Waals surface area contributed by atoms with Crippen LogP contribution in [0.4, 0.5) is 5.69 Å². The molecule has 15 heavy (non-hydrogen) atoms. The highest BCUT2D eigenvalue weighted by Crippen LogP contribution is 2.43. The van der Waals surface area contributed by atoms with Crippen LogP contribution in [0.5, 0.6) is 0 Å². The lowest BCUT2D eigenvalue weighted by molar-refractivity contribution is -0.736. The van der Waals surface area contributed by atoms with Gasteiger partial charge in [-0.05, 0) is 49.3 Å². The van der Waals surface area contributed by atoms with E-state index in [0.29, 0.717) is 10.6 Å². The Morgan fingerprint density at radius 3 is 2.20 bits per heavy atom. The second-order valence-corrected chi connectivity index (χ2v) is 4.21. The van der Waals surface area contributed by atoms with Crippen LogP contribution in [0.15, 0.2) is 12.1 Å². The lowest BCUT2D eigenvalue weighted by Gasteiger charge is -2.07. The summed E-state index contributed by atoms with van der Waals surface area (Å²) in [6, 6.07) is 3.80. The third-order valence-electron chi connectivity index (χ3n) is 2.94. The zero-order chi connectivity index (χ0) is 11.0. The maximum absolute atomic E-state index is 11.3. The molecule has 1 aliphatic rings. The fraction of sp³-hybridized carbons (Fsp3) is 0.500. The van der Waals surface area contributed by atoms with Crippen molar-refractivity contribution >= 4 is 5.69 Å². The van der Waals surface area contributed by atoms with E-state index >= 15 is 0 Å². The van der Waals surface area contributed by atoms with E-state index in [0.717, 1.165) is 5.92 Å². The first-order valence-corrected chi connectivity index (χ1v) is 5.26. The second kappa shape index (κ2) is 3.65. The summed E-state index contributed by atoms with van der Waals surface area (Å²) >= 11 is 0. The standard InChI is InChI=1S/C12H16NO2/c1-8-6-11(13(14)15-3)7-9(2)12(8)10-4-5-10/h6-7,10H,4-5H2,1-3H3/q+1. The van der Waals surface area contributed by atoms with E-state index in [1.807, 2.05) is 12.1 Å². The molecule has 1 saturated carbocycles. The van der Waals surface area contributed by atoms with Gasteiger partial charge in [-0.2, -0.15) is 0 Å². The zero-order valence-electron chi connectivity index (χ0n) is 9.41. The minimum atomic E-state index is 0.552. The monoisotopic (exact) mass is 206 g/mol. The summed E-state index contributed by atoms with van der Waals surface area (Å²) in [6.07, 6.45) is 2.57. The summed E-state index contributed by atoms with van der Waals surface area (Å²) in [4.78, 5) is 16.5. The number of hydrogen-bond acceptors (Lipinski definition) is 2. The van der Waals surface area contributed by atoms with Gasteiger partial charge < -0.3 is 0 Å². The van der Waals surface area contributed by atoms with Gasteiger partial charge >= 0.3 is 5.69 Å². The van der Waals surface area contributed by atoms with Crippen molar-refractivity contribution in [2.75, 3.05) is 7.11 Å². The van der Waals surface area contributed by atoms with E-state index in [4.69, 9.17) is 0 Å².